The van der Waals surface area contributed by atoms with E-state index >= 15 is 0 Å². The van der Waals surface area contributed by atoms with Crippen LogP contribution in [-0.4, -0.2) is 27.7 Å². The number of nitrogens with one attached hydrogen (secondary N) is 3. The number of rotatable bonds is 4. The molecule has 0 aliphatic carbocycles. The third-order valence-corrected chi connectivity index (χ3v) is 5.05. The Hall–Kier alpha value is -3.46. The maximum absolute atomic E-state index is 12.7. The fourth-order valence-electron chi connectivity index (χ4n) is 2.99. The summed E-state index contributed by atoms with van der Waals surface area (Å²) >= 11 is 1.26. The van der Waals surface area contributed by atoms with Crippen molar-refractivity contribution in [1.82, 2.24) is 9.97 Å². The number of para-hydroxylation sites is 1. The molecular weight excluding hydrogens is 366 g/mol. The van der Waals surface area contributed by atoms with Crippen molar-refractivity contribution in [3.8, 4) is 11.3 Å². The maximum Gasteiger partial charge on any atom is 0.265 e. The Morgan fingerprint density at radius 2 is 2.11 bits per heavy atom. The molecule has 9 heteroatoms. The highest BCUT2D eigenvalue weighted by molar-refractivity contribution is 7.14. The number of primary amides is 1. The van der Waals surface area contributed by atoms with E-state index < -0.39 is 11.8 Å². The number of carbonyl (C=O) groups excluding carboxylic acids is 3. The smallest absolute Gasteiger partial charge is 0.265 e. The summed E-state index contributed by atoms with van der Waals surface area (Å²) in [6.07, 6.45) is 1.71. The first-order valence-corrected chi connectivity index (χ1v) is 9.03. The van der Waals surface area contributed by atoms with E-state index in [1.54, 1.807) is 23.7 Å². The van der Waals surface area contributed by atoms with Crippen LogP contribution in [0.1, 0.15) is 28.4 Å². The molecule has 1 unspecified atom stereocenters. The second kappa shape index (κ2) is 6.69. The fraction of sp³-hybridized carbons (Fsp3) is 0.111. The number of H-pyrrole nitrogens is 1. The molecule has 4 rings (SSSR count). The van der Waals surface area contributed by atoms with E-state index in [-0.39, 0.29) is 23.9 Å². The predicted octanol–water partition coefficient (Wildman–Crippen LogP) is 2.30. The molecule has 1 aromatic carbocycles. The molecule has 1 atom stereocenters. The lowest BCUT2D eigenvalue weighted by Gasteiger charge is -2.24. The van der Waals surface area contributed by atoms with Crippen LogP contribution >= 0.6 is 11.3 Å². The number of hydrogen-bond donors (Lipinski definition) is 4. The van der Waals surface area contributed by atoms with Crippen molar-refractivity contribution in [1.29, 1.82) is 0 Å². The molecule has 2 aromatic heterocycles. The Morgan fingerprint density at radius 3 is 2.89 bits per heavy atom. The quantitative estimate of drug-likeness (QED) is 0.552. The number of carbonyl (C=O) groups is 3. The van der Waals surface area contributed by atoms with Crippen LogP contribution in [0.25, 0.3) is 11.3 Å². The average Bonchev–Trinajstić information content (AvgIpc) is 3.30. The molecular formula is C18H15N5O3S. The summed E-state index contributed by atoms with van der Waals surface area (Å²) in [5.74, 6) is -1.61. The number of thiazole rings is 1. The maximum atomic E-state index is 12.7. The third-order valence-electron chi connectivity index (χ3n) is 4.29. The summed E-state index contributed by atoms with van der Waals surface area (Å²) in [7, 11) is 0. The first kappa shape index (κ1) is 17.0. The molecule has 0 bridgehead atoms. The fourth-order valence-corrected chi connectivity index (χ4v) is 3.71. The Bertz CT molecular complexity index is 1050. The van der Waals surface area contributed by atoms with Crippen molar-refractivity contribution in [2.75, 3.05) is 10.6 Å². The molecule has 8 nitrogen and oxygen atoms in total. The van der Waals surface area contributed by atoms with Gasteiger partial charge in [0.25, 0.3) is 5.91 Å². The summed E-state index contributed by atoms with van der Waals surface area (Å²) in [5.41, 5.74) is 8.26. The van der Waals surface area contributed by atoms with Gasteiger partial charge in [-0.25, -0.2) is 4.98 Å². The van der Waals surface area contributed by atoms with E-state index in [0.717, 1.165) is 5.56 Å². The normalized spacial score (nSPS) is 15.7. The minimum atomic E-state index is -0.573. The van der Waals surface area contributed by atoms with E-state index in [9.17, 15) is 14.4 Å². The van der Waals surface area contributed by atoms with Crippen LogP contribution < -0.4 is 16.4 Å². The molecule has 1 aliphatic rings. The standard InChI is InChI=1S/C18H15N5O3S/c19-16(25)13-5-9(7-20-13)14-8-27-18(22-14)23-17(26)11-6-15(24)21-12-4-2-1-3-10(11)12/h1-5,7-8,11,20H,6H2,(H2,19,25)(H,21,24)(H,22,23,26). The van der Waals surface area contributed by atoms with Crippen LogP contribution in [0.3, 0.4) is 0 Å². The van der Waals surface area contributed by atoms with Crippen molar-refractivity contribution in [2.24, 2.45) is 5.73 Å². The number of anilines is 2. The van der Waals surface area contributed by atoms with Gasteiger partial charge in [-0.2, -0.15) is 0 Å². The highest BCUT2D eigenvalue weighted by Crippen LogP contribution is 2.33. The van der Waals surface area contributed by atoms with Gasteiger partial charge in [0.05, 0.1) is 11.6 Å². The topological polar surface area (TPSA) is 130 Å². The number of hydrogen-bond acceptors (Lipinski definition) is 5. The van der Waals surface area contributed by atoms with E-state index in [1.807, 2.05) is 18.2 Å². The van der Waals surface area contributed by atoms with Crippen LogP contribution in [0.4, 0.5) is 10.8 Å². The average molecular weight is 381 g/mol. The van der Waals surface area contributed by atoms with E-state index in [0.29, 0.717) is 22.1 Å². The van der Waals surface area contributed by atoms with Crippen LogP contribution in [0, 0.1) is 0 Å². The van der Waals surface area contributed by atoms with Gasteiger partial charge in [-0.15, -0.1) is 11.3 Å². The highest BCUT2D eigenvalue weighted by Gasteiger charge is 2.30. The van der Waals surface area contributed by atoms with E-state index in [4.69, 9.17) is 5.73 Å². The van der Waals surface area contributed by atoms with E-state index in [2.05, 4.69) is 20.6 Å². The second-order valence-electron chi connectivity index (χ2n) is 6.09. The molecule has 3 amide bonds. The Kier molecular flexibility index (Phi) is 4.21. The molecule has 3 aromatic rings. The molecule has 0 saturated heterocycles. The molecule has 5 N–H and O–H groups in total. The van der Waals surface area contributed by atoms with Gasteiger partial charge in [0.2, 0.25) is 11.8 Å². The highest BCUT2D eigenvalue weighted by atomic mass is 32.1. The first-order valence-electron chi connectivity index (χ1n) is 8.15. The molecule has 1 aliphatic heterocycles. The van der Waals surface area contributed by atoms with Crippen molar-refractivity contribution in [3.05, 3.63) is 53.2 Å². The monoisotopic (exact) mass is 381 g/mol. The van der Waals surface area contributed by atoms with Gasteiger partial charge in [0.15, 0.2) is 5.13 Å². The largest absolute Gasteiger partial charge is 0.364 e. The molecule has 136 valence electrons. The van der Waals surface area contributed by atoms with Crippen LogP contribution in [0.2, 0.25) is 0 Å². The summed E-state index contributed by atoms with van der Waals surface area (Å²) in [6, 6.07) is 8.85. The third kappa shape index (κ3) is 3.32. The van der Waals surface area contributed by atoms with Gasteiger partial charge in [-0.3, -0.25) is 14.4 Å². The van der Waals surface area contributed by atoms with Gasteiger partial charge in [-0.05, 0) is 17.7 Å². The summed E-state index contributed by atoms with van der Waals surface area (Å²) in [4.78, 5) is 43.0. The molecule has 0 spiro atoms. The minimum Gasteiger partial charge on any atom is -0.364 e. The zero-order chi connectivity index (χ0) is 19.0. The minimum absolute atomic E-state index is 0.0842. The molecule has 0 fully saturated rings. The lowest BCUT2D eigenvalue weighted by molar-refractivity contribution is -0.123. The number of benzene rings is 1. The number of amides is 3. The van der Waals surface area contributed by atoms with Crippen LogP contribution in [0.5, 0.6) is 0 Å². The Balaban J connectivity index is 1.53. The molecule has 27 heavy (non-hydrogen) atoms. The summed E-state index contributed by atoms with van der Waals surface area (Å²) in [6.45, 7) is 0. The van der Waals surface area contributed by atoms with Gasteiger partial charge < -0.3 is 21.4 Å². The number of nitrogens with two attached hydrogens (primary N) is 1. The van der Waals surface area contributed by atoms with Gasteiger partial charge in [-0.1, -0.05) is 18.2 Å². The number of fused-ring (bicyclic) bond motifs is 1. The zero-order valence-electron chi connectivity index (χ0n) is 14.0. The van der Waals surface area contributed by atoms with Crippen LogP contribution in [0.15, 0.2) is 41.9 Å². The second-order valence-corrected chi connectivity index (χ2v) is 6.94. The Labute approximate surface area is 157 Å². The number of aromatic amines is 1. The number of nitrogens with zero attached hydrogens (tertiary/aromatic N) is 1. The molecule has 3 heterocycles. The SMILES string of the molecule is NC(=O)c1cc(-c2csc(NC(=O)C3CC(=O)Nc4ccccc43)n2)c[nH]1. The van der Waals surface area contributed by atoms with Crippen molar-refractivity contribution in [3.63, 3.8) is 0 Å². The summed E-state index contributed by atoms with van der Waals surface area (Å²) in [5, 5.41) is 7.74. The van der Waals surface area contributed by atoms with Gasteiger partial charge in [0.1, 0.15) is 5.69 Å². The lowest BCUT2D eigenvalue weighted by Crippen LogP contribution is -2.30. The predicted molar refractivity (Wildman–Crippen MR) is 101 cm³/mol. The number of aromatic nitrogens is 2. The molecule has 0 radical (unpaired) electrons. The van der Waals surface area contributed by atoms with Crippen LogP contribution in [-0.2, 0) is 9.59 Å². The van der Waals surface area contributed by atoms with E-state index in [1.165, 1.54) is 11.3 Å². The van der Waals surface area contributed by atoms with Crippen molar-refractivity contribution in [2.45, 2.75) is 12.3 Å². The van der Waals surface area contributed by atoms with Gasteiger partial charge in [0, 0.05) is 29.2 Å². The zero-order valence-corrected chi connectivity index (χ0v) is 14.8. The van der Waals surface area contributed by atoms with Crippen molar-refractivity contribution < 1.29 is 14.4 Å². The molecule has 0 saturated carbocycles. The van der Waals surface area contributed by atoms with Crippen molar-refractivity contribution >= 4 is 39.9 Å². The Morgan fingerprint density at radius 1 is 1.30 bits per heavy atom. The lowest BCUT2D eigenvalue weighted by atomic mass is 9.90. The van der Waals surface area contributed by atoms with Gasteiger partial charge >= 0.3 is 0 Å². The first-order chi connectivity index (χ1) is 13.0. The summed E-state index contributed by atoms with van der Waals surface area (Å²) < 4.78 is 0.